The minimum atomic E-state index is 0.552. The van der Waals surface area contributed by atoms with Crippen LogP contribution in [0.15, 0.2) is 47.5 Å². The third-order valence-electron chi connectivity index (χ3n) is 2.44. The second-order valence-corrected chi connectivity index (χ2v) is 5.66. The molecule has 2 rings (SSSR count). The standard InChI is InChI=1S/C8H11NS.C7H9NS/c1-7(6-9-2)8-4-3-5-10-8;1-6(4-8)7-2-3-9-5-7/h3-5,9H,1,6H2,2H3;2-3,5H,1,4,8H2. The number of nitrogens with one attached hydrogen (secondary N) is 1. The van der Waals surface area contributed by atoms with Gasteiger partial charge in [0.25, 0.3) is 0 Å². The molecule has 0 spiro atoms. The second-order valence-electron chi connectivity index (χ2n) is 3.93. The maximum Gasteiger partial charge on any atom is 0.0309 e. The Morgan fingerprint density at radius 1 is 1.26 bits per heavy atom. The molecule has 4 heteroatoms. The van der Waals surface area contributed by atoms with E-state index in [9.17, 15) is 0 Å². The van der Waals surface area contributed by atoms with Crippen molar-refractivity contribution in [2.75, 3.05) is 20.1 Å². The molecule has 0 fully saturated rings. The van der Waals surface area contributed by atoms with Crippen molar-refractivity contribution in [2.45, 2.75) is 0 Å². The van der Waals surface area contributed by atoms with Crippen LogP contribution in [0.25, 0.3) is 11.1 Å². The van der Waals surface area contributed by atoms with Crippen LogP contribution < -0.4 is 11.1 Å². The summed E-state index contributed by atoms with van der Waals surface area (Å²) >= 11 is 3.40. The molecule has 0 radical (unpaired) electrons. The largest absolute Gasteiger partial charge is 0.326 e. The third kappa shape index (κ3) is 5.53. The Morgan fingerprint density at radius 3 is 2.53 bits per heavy atom. The summed E-state index contributed by atoms with van der Waals surface area (Å²) in [6, 6.07) is 6.16. The van der Waals surface area contributed by atoms with E-state index in [4.69, 9.17) is 5.73 Å². The Hall–Kier alpha value is -1.20. The molecular formula is C15H20N2S2. The molecule has 0 bridgehead atoms. The quantitative estimate of drug-likeness (QED) is 0.882. The summed E-state index contributed by atoms with van der Waals surface area (Å²) in [5.74, 6) is 0. The van der Waals surface area contributed by atoms with Gasteiger partial charge < -0.3 is 11.1 Å². The maximum atomic E-state index is 5.37. The summed E-state index contributed by atoms with van der Waals surface area (Å²) in [7, 11) is 1.93. The van der Waals surface area contributed by atoms with Gasteiger partial charge in [-0.25, -0.2) is 0 Å². The summed E-state index contributed by atoms with van der Waals surface area (Å²) in [5, 5.41) is 9.20. The summed E-state index contributed by atoms with van der Waals surface area (Å²) in [6.07, 6.45) is 0. The van der Waals surface area contributed by atoms with Crippen LogP contribution in [0.2, 0.25) is 0 Å². The van der Waals surface area contributed by atoms with Crippen LogP contribution in [-0.2, 0) is 0 Å². The molecule has 2 aromatic rings. The van der Waals surface area contributed by atoms with Crippen LogP contribution in [0, 0.1) is 0 Å². The van der Waals surface area contributed by atoms with Crippen LogP contribution in [0.4, 0.5) is 0 Å². The zero-order valence-corrected chi connectivity index (χ0v) is 12.8. The molecule has 0 amide bonds. The van der Waals surface area contributed by atoms with Gasteiger partial charge in [-0.15, -0.1) is 11.3 Å². The minimum absolute atomic E-state index is 0.552. The normalized spacial score (nSPS) is 9.58. The molecule has 3 N–H and O–H groups in total. The Kier molecular flexibility index (Phi) is 7.36. The van der Waals surface area contributed by atoms with Crippen molar-refractivity contribution in [3.63, 3.8) is 0 Å². The highest BCUT2D eigenvalue weighted by molar-refractivity contribution is 7.11. The lowest BCUT2D eigenvalue weighted by Crippen LogP contribution is -2.07. The molecule has 2 heterocycles. The Morgan fingerprint density at radius 2 is 2.05 bits per heavy atom. The molecule has 19 heavy (non-hydrogen) atoms. The fraction of sp³-hybridized carbons (Fsp3) is 0.200. The van der Waals surface area contributed by atoms with E-state index in [1.165, 1.54) is 10.4 Å². The van der Waals surface area contributed by atoms with Gasteiger partial charge in [-0.1, -0.05) is 19.2 Å². The average molecular weight is 292 g/mol. The predicted molar refractivity (Wildman–Crippen MR) is 89.7 cm³/mol. The number of nitrogens with two attached hydrogens (primary N) is 1. The smallest absolute Gasteiger partial charge is 0.0309 e. The van der Waals surface area contributed by atoms with Crippen molar-refractivity contribution in [1.82, 2.24) is 5.32 Å². The van der Waals surface area contributed by atoms with Crippen LogP contribution in [0.3, 0.4) is 0 Å². The zero-order chi connectivity index (χ0) is 14.1. The van der Waals surface area contributed by atoms with Crippen LogP contribution in [0.5, 0.6) is 0 Å². The average Bonchev–Trinajstić information content (AvgIpc) is 3.11. The highest BCUT2D eigenvalue weighted by Gasteiger charge is 1.96. The maximum absolute atomic E-state index is 5.37. The molecule has 2 nitrogen and oxygen atoms in total. The summed E-state index contributed by atoms with van der Waals surface area (Å²) in [5.41, 5.74) is 8.71. The predicted octanol–water partition coefficient (Wildman–Crippen LogP) is 3.70. The molecule has 102 valence electrons. The first-order valence-corrected chi connectivity index (χ1v) is 7.78. The van der Waals surface area contributed by atoms with E-state index in [0.717, 1.165) is 17.7 Å². The lowest BCUT2D eigenvalue weighted by Gasteiger charge is -1.99. The third-order valence-corrected chi connectivity index (χ3v) is 4.09. The molecule has 0 aliphatic rings. The molecular weight excluding hydrogens is 272 g/mol. The van der Waals surface area contributed by atoms with Crippen molar-refractivity contribution in [3.8, 4) is 0 Å². The molecule has 2 aromatic heterocycles. The van der Waals surface area contributed by atoms with Crippen LogP contribution >= 0.6 is 22.7 Å². The van der Waals surface area contributed by atoms with E-state index >= 15 is 0 Å². The van der Waals surface area contributed by atoms with Gasteiger partial charge in [0.1, 0.15) is 0 Å². The number of hydrogen-bond acceptors (Lipinski definition) is 4. The highest BCUT2D eigenvalue weighted by Crippen LogP contribution is 2.16. The summed E-state index contributed by atoms with van der Waals surface area (Å²) < 4.78 is 0. The Labute approximate surface area is 123 Å². The van der Waals surface area contributed by atoms with Gasteiger partial charge in [0.15, 0.2) is 0 Å². The van der Waals surface area contributed by atoms with Crippen molar-refractivity contribution in [1.29, 1.82) is 0 Å². The summed E-state index contributed by atoms with van der Waals surface area (Å²) in [4.78, 5) is 1.27. The number of likely N-dealkylation sites (N-methyl/N-ethyl adjacent to an activating group) is 1. The molecule has 0 saturated carbocycles. The Balaban J connectivity index is 0.000000191. The van der Waals surface area contributed by atoms with Crippen molar-refractivity contribution in [3.05, 3.63) is 57.9 Å². The fourth-order valence-electron chi connectivity index (χ4n) is 1.36. The lowest BCUT2D eigenvalue weighted by atomic mass is 10.2. The zero-order valence-electron chi connectivity index (χ0n) is 11.2. The van der Waals surface area contributed by atoms with Crippen molar-refractivity contribution in [2.24, 2.45) is 5.73 Å². The Bertz CT molecular complexity index is 484. The number of rotatable bonds is 5. The topological polar surface area (TPSA) is 38.0 Å². The first-order valence-electron chi connectivity index (χ1n) is 5.95. The second kappa shape index (κ2) is 8.82. The van der Waals surface area contributed by atoms with Crippen LogP contribution in [-0.4, -0.2) is 20.1 Å². The van der Waals surface area contributed by atoms with E-state index in [-0.39, 0.29) is 0 Å². The highest BCUT2D eigenvalue weighted by atomic mass is 32.1. The van der Waals surface area contributed by atoms with Gasteiger partial charge in [0.2, 0.25) is 0 Å². The van der Waals surface area contributed by atoms with Gasteiger partial charge in [0.05, 0.1) is 0 Å². The number of thiophene rings is 2. The first-order chi connectivity index (χ1) is 9.19. The number of hydrogen-bond donors (Lipinski definition) is 2. The van der Waals surface area contributed by atoms with E-state index in [0.29, 0.717) is 6.54 Å². The van der Waals surface area contributed by atoms with Crippen LogP contribution in [0.1, 0.15) is 10.4 Å². The monoisotopic (exact) mass is 292 g/mol. The van der Waals surface area contributed by atoms with Gasteiger partial charge in [-0.05, 0) is 52.0 Å². The van der Waals surface area contributed by atoms with E-state index in [1.54, 1.807) is 22.7 Å². The van der Waals surface area contributed by atoms with Gasteiger partial charge in [0, 0.05) is 18.0 Å². The van der Waals surface area contributed by atoms with Crippen molar-refractivity contribution < 1.29 is 0 Å². The fourth-order valence-corrected chi connectivity index (χ4v) is 2.76. The molecule has 0 aromatic carbocycles. The molecule has 0 aliphatic carbocycles. The lowest BCUT2D eigenvalue weighted by molar-refractivity contribution is 0.934. The molecule has 0 aliphatic heterocycles. The van der Waals surface area contributed by atoms with E-state index in [2.05, 4.69) is 35.3 Å². The van der Waals surface area contributed by atoms with Crippen molar-refractivity contribution >= 4 is 33.8 Å². The molecule has 0 atom stereocenters. The van der Waals surface area contributed by atoms with E-state index in [1.807, 2.05) is 24.6 Å². The van der Waals surface area contributed by atoms with Gasteiger partial charge in [-0.3, -0.25) is 0 Å². The van der Waals surface area contributed by atoms with E-state index < -0.39 is 0 Å². The SMILES string of the molecule is C=C(CN)c1ccsc1.C=C(CNC)c1cccs1. The van der Waals surface area contributed by atoms with Gasteiger partial charge in [-0.2, -0.15) is 11.3 Å². The summed E-state index contributed by atoms with van der Waals surface area (Å²) in [6.45, 7) is 9.16. The molecule has 0 saturated heterocycles. The van der Waals surface area contributed by atoms with Gasteiger partial charge >= 0.3 is 0 Å². The minimum Gasteiger partial charge on any atom is -0.326 e. The first kappa shape index (κ1) is 15.9. The molecule has 0 unspecified atom stereocenters.